The molecule has 1 saturated heterocycles. The average molecular weight is 279 g/mol. The van der Waals surface area contributed by atoms with Crippen LogP contribution in [0.2, 0.25) is 0 Å². The second-order valence-corrected chi connectivity index (χ2v) is 5.96. The number of likely N-dealkylation sites (N-methyl/N-ethyl adjacent to an activating group) is 1. The molecule has 0 amide bonds. The minimum Gasteiger partial charge on any atom is -0.364 e. The summed E-state index contributed by atoms with van der Waals surface area (Å²) in [7, 11) is 2.11. The minimum absolute atomic E-state index is 0.114. The highest BCUT2D eigenvalue weighted by Crippen LogP contribution is 2.25. The molecule has 20 heavy (non-hydrogen) atoms. The van der Waals surface area contributed by atoms with Crippen molar-refractivity contribution >= 4 is 5.69 Å². The Balaban J connectivity index is 2.13. The van der Waals surface area contributed by atoms with Gasteiger partial charge in [-0.2, -0.15) is 0 Å². The quantitative estimate of drug-likeness (QED) is 0.917. The van der Waals surface area contributed by atoms with Crippen LogP contribution in [-0.4, -0.2) is 43.7 Å². The van der Waals surface area contributed by atoms with Crippen LogP contribution in [0.4, 0.5) is 10.1 Å². The van der Waals surface area contributed by atoms with E-state index in [4.69, 9.17) is 5.73 Å². The van der Waals surface area contributed by atoms with E-state index in [0.717, 1.165) is 43.7 Å². The van der Waals surface area contributed by atoms with Gasteiger partial charge in [-0.25, -0.2) is 4.39 Å². The lowest BCUT2D eigenvalue weighted by atomic mass is 10.0. The lowest BCUT2D eigenvalue weighted by molar-refractivity contribution is 0.274. The van der Waals surface area contributed by atoms with E-state index in [1.54, 1.807) is 6.07 Å². The molecule has 4 heteroatoms. The first-order valence-electron chi connectivity index (χ1n) is 7.50. The second-order valence-electron chi connectivity index (χ2n) is 5.96. The molecule has 1 heterocycles. The summed E-state index contributed by atoms with van der Waals surface area (Å²) in [5.74, 6) is -0.123. The van der Waals surface area contributed by atoms with E-state index in [0.29, 0.717) is 6.04 Å². The molecule has 2 unspecified atom stereocenters. The van der Waals surface area contributed by atoms with Crippen molar-refractivity contribution in [2.75, 3.05) is 31.6 Å². The van der Waals surface area contributed by atoms with Gasteiger partial charge in [0.25, 0.3) is 0 Å². The molecule has 112 valence electrons. The molecule has 2 N–H and O–H groups in total. The van der Waals surface area contributed by atoms with E-state index in [1.807, 2.05) is 12.1 Å². The van der Waals surface area contributed by atoms with Gasteiger partial charge in [0.1, 0.15) is 5.82 Å². The number of rotatable bonds is 4. The molecule has 1 aromatic rings. The zero-order valence-corrected chi connectivity index (χ0v) is 12.8. The van der Waals surface area contributed by atoms with Crippen LogP contribution in [0.15, 0.2) is 18.2 Å². The molecule has 1 aromatic carbocycles. The predicted octanol–water partition coefficient (Wildman–Crippen LogP) is 2.25. The third-order valence-corrected chi connectivity index (χ3v) is 4.17. The summed E-state index contributed by atoms with van der Waals surface area (Å²) in [6.07, 6.45) is 1.66. The van der Waals surface area contributed by atoms with Gasteiger partial charge in [-0.15, -0.1) is 0 Å². The summed E-state index contributed by atoms with van der Waals surface area (Å²) < 4.78 is 14.4. The first kappa shape index (κ1) is 15.3. The molecule has 0 bridgehead atoms. The fourth-order valence-electron chi connectivity index (χ4n) is 2.86. The van der Waals surface area contributed by atoms with E-state index >= 15 is 0 Å². The van der Waals surface area contributed by atoms with Gasteiger partial charge in [-0.05, 0) is 44.5 Å². The molecule has 3 nitrogen and oxygen atoms in total. The SMILES string of the molecule is CCC(N)Cc1ccc(N2CCN(C)CC2C)c(F)c1. The van der Waals surface area contributed by atoms with Crippen molar-refractivity contribution in [3.8, 4) is 0 Å². The topological polar surface area (TPSA) is 32.5 Å². The maximum absolute atomic E-state index is 14.4. The Morgan fingerprint density at radius 1 is 1.40 bits per heavy atom. The van der Waals surface area contributed by atoms with Gasteiger partial charge >= 0.3 is 0 Å². The molecule has 1 aliphatic heterocycles. The normalized spacial score (nSPS) is 22.1. The van der Waals surface area contributed by atoms with Gasteiger partial charge in [0, 0.05) is 31.7 Å². The molecule has 1 fully saturated rings. The number of nitrogens with two attached hydrogens (primary N) is 1. The van der Waals surface area contributed by atoms with Crippen molar-refractivity contribution in [1.82, 2.24) is 4.90 Å². The summed E-state index contributed by atoms with van der Waals surface area (Å²) in [6.45, 7) is 7.04. The number of hydrogen-bond acceptors (Lipinski definition) is 3. The van der Waals surface area contributed by atoms with E-state index in [2.05, 4.69) is 30.7 Å². The molecule has 0 aliphatic carbocycles. The highest BCUT2D eigenvalue weighted by molar-refractivity contribution is 5.50. The Morgan fingerprint density at radius 3 is 2.75 bits per heavy atom. The number of nitrogens with zero attached hydrogens (tertiary/aromatic N) is 2. The van der Waals surface area contributed by atoms with Crippen LogP contribution in [0.1, 0.15) is 25.8 Å². The number of anilines is 1. The van der Waals surface area contributed by atoms with Crippen molar-refractivity contribution < 1.29 is 4.39 Å². The smallest absolute Gasteiger partial charge is 0.146 e. The molecule has 1 aliphatic rings. The highest BCUT2D eigenvalue weighted by atomic mass is 19.1. The van der Waals surface area contributed by atoms with Crippen LogP contribution in [0.25, 0.3) is 0 Å². The van der Waals surface area contributed by atoms with Crippen LogP contribution < -0.4 is 10.6 Å². The Morgan fingerprint density at radius 2 is 2.15 bits per heavy atom. The Kier molecular flexibility index (Phi) is 5.00. The summed E-state index contributed by atoms with van der Waals surface area (Å²) >= 11 is 0. The summed E-state index contributed by atoms with van der Waals surface area (Å²) in [6, 6.07) is 6.03. The fourth-order valence-corrected chi connectivity index (χ4v) is 2.86. The Hall–Kier alpha value is -1.13. The third kappa shape index (κ3) is 3.49. The maximum Gasteiger partial charge on any atom is 0.146 e. The molecule has 0 saturated carbocycles. The zero-order valence-electron chi connectivity index (χ0n) is 12.8. The molecule has 0 radical (unpaired) electrons. The summed E-state index contributed by atoms with van der Waals surface area (Å²) in [5.41, 5.74) is 7.64. The van der Waals surface area contributed by atoms with E-state index in [-0.39, 0.29) is 11.9 Å². The van der Waals surface area contributed by atoms with Gasteiger partial charge in [0.05, 0.1) is 5.69 Å². The Bertz CT molecular complexity index is 449. The van der Waals surface area contributed by atoms with Crippen LogP contribution >= 0.6 is 0 Å². The lowest BCUT2D eigenvalue weighted by Gasteiger charge is -2.40. The standard InChI is InChI=1S/C16H26FN3/c1-4-14(18)9-13-5-6-16(15(17)10-13)20-8-7-19(3)11-12(20)2/h5-6,10,12,14H,4,7-9,11,18H2,1-3H3. The molecule has 0 spiro atoms. The van der Waals surface area contributed by atoms with E-state index in [9.17, 15) is 4.39 Å². The van der Waals surface area contributed by atoms with Crippen LogP contribution in [-0.2, 0) is 6.42 Å². The van der Waals surface area contributed by atoms with Gasteiger partial charge in [0.15, 0.2) is 0 Å². The lowest BCUT2D eigenvalue weighted by Crippen LogP contribution is -2.50. The number of halogens is 1. The fraction of sp³-hybridized carbons (Fsp3) is 0.625. The largest absolute Gasteiger partial charge is 0.364 e. The molecular weight excluding hydrogens is 253 g/mol. The van der Waals surface area contributed by atoms with Crippen LogP contribution in [0.5, 0.6) is 0 Å². The van der Waals surface area contributed by atoms with Crippen molar-refractivity contribution in [3.63, 3.8) is 0 Å². The van der Waals surface area contributed by atoms with Crippen molar-refractivity contribution in [3.05, 3.63) is 29.6 Å². The first-order valence-corrected chi connectivity index (χ1v) is 7.50. The van der Waals surface area contributed by atoms with Gasteiger partial charge in [-0.1, -0.05) is 13.0 Å². The van der Waals surface area contributed by atoms with E-state index in [1.165, 1.54) is 0 Å². The second kappa shape index (κ2) is 6.55. The Labute approximate surface area is 121 Å². The zero-order chi connectivity index (χ0) is 14.7. The summed E-state index contributed by atoms with van der Waals surface area (Å²) in [4.78, 5) is 4.45. The van der Waals surface area contributed by atoms with Crippen molar-refractivity contribution in [1.29, 1.82) is 0 Å². The van der Waals surface area contributed by atoms with E-state index < -0.39 is 0 Å². The molecule has 2 rings (SSSR count). The monoisotopic (exact) mass is 279 g/mol. The van der Waals surface area contributed by atoms with Crippen molar-refractivity contribution in [2.24, 2.45) is 5.73 Å². The molecule has 2 atom stereocenters. The van der Waals surface area contributed by atoms with Gasteiger partial charge in [-0.3, -0.25) is 0 Å². The van der Waals surface area contributed by atoms with Gasteiger partial charge in [0.2, 0.25) is 0 Å². The first-order chi connectivity index (χ1) is 9.51. The number of hydrogen-bond donors (Lipinski definition) is 1. The van der Waals surface area contributed by atoms with Gasteiger partial charge < -0.3 is 15.5 Å². The number of benzene rings is 1. The third-order valence-electron chi connectivity index (χ3n) is 4.17. The minimum atomic E-state index is -0.123. The van der Waals surface area contributed by atoms with Crippen LogP contribution in [0, 0.1) is 5.82 Å². The average Bonchev–Trinajstić information content (AvgIpc) is 2.40. The predicted molar refractivity (Wildman–Crippen MR) is 82.7 cm³/mol. The van der Waals surface area contributed by atoms with Crippen molar-refractivity contribution in [2.45, 2.75) is 38.8 Å². The molecular formula is C16H26FN3. The highest BCUT2D eigenvalue weighted by Gasteiger charge is 2.23. The summed E-state index contributed by atoms with van der Waals surface area (Å²) in [5, 5.41) is 0. The maximum atomic E-state index is 14.4. The number of piperazine rings is 1. The molecule has 0 aromatic heterocycles. The van der Waals surface area contributed by atoms with Crippen LogP contribution in [0.3, 0.4) is 0 Å².